The molecule has 8 nitrogen and oxygen atoms in total. The second kappa shape index (κ2) is 7.95. The molecule has 1 aromatic carbocycles. The number of hydrogen-bond acceptors (Lipinski definition) is 6. The number of rotatable bonds is 4. The highest BCUT2D eigenvalue weighted by Crippen LogP contribution is 2.33. The van der Waals surface area contributed by atoms with Crippen LogP contribution in [0.3, 0.4) is 0 Å². The molecule has 3 heterocycles. The molecular formula is C19H16F3N7OS. The molecule has 0 aliphatic carbocycles. The third-order valence-electron chi connectivity index (χ3n) is 4.39. The number of anilines is 2. The number of amides is 2. The smallest absolute Gasteiger partial charge is 0.308 e. The predicted octanol–water partition coefficient (Wildman–Crippen LogP) is 4.81. The summed E-state index contributed by atoms with van der Waals surface area (Å²) in [6, 6.07) is 2.39. The van der Waals surface area contributed by atoms with Gasteiger partial charge in [0.1, 0.15) is 10.3 Å². The Bertz CT molecular complexity index is 1250. The molecule has 160 valence electrons. The first kappa shape index (κ1) is 20.7. The number of urea groups is 1. The van der Waals surface area contributed by atoms with Crippen LogP contribution in [0.5, 0.6) is 0 Å². The van der Waals surface area contributed by atoms with E-state index < -0.39 is 17.8 Å². The lowest BCUT2D eigenvalue weighted by atomic mass is 10.1. The Kier molecular flexibility index (Phi) is 5.31. The minimum Gasteiger partial charge on any atom is -0.308 e. The van der Waals surface area contributed by atoms with E-state index in [0.717, 1.165) is 32.3 Å². The SMILES string of the molecule is CCc1c(NC(=O)Nc2cc(-n3nccn3)cc(C(F)(F)F)c2)cnc2sc(C)nc12. The zero-order valence-corrected chi connectivity index (χ0v) is 17.2. The molecule has 12 heteroatoms. The molecule has 31 heavy (non-hydrogen) atoms. The van der Waals surface area contributed by atoms with Crippen molar-refractivity contribution < 1.29 is 18.0 Å². The van der Waals surface area contributed by atoms with Gasteiger partial charge < -0.3 is 10.6 Å². The van der Waals surface area contributed by atoms with Crippen LogP contribution in [0.25, 0.3) is 16.0 Å². The second-order valence-corrected chi connectivity index (χ2v) is 7.74. The van der Waals surface area contributed by atoms with Gasteiger partial charge in [0.2, 0.25) is 0 Å². The Morgan fingerprint density at radius 1 is 1.16 bits per heavy atom. The molecule has 0 aliphatic rings. The van der Waals surface area contributed by atoms with Crippen LogP contribution in [-0.4, -0.2) is 31.0 Å². The van der Waals surface area contributed by atoms with Crippen LogP contribution in [0.4, 0.5) is 29.3 Å². The minimum atomic E-state index is -4.61. The number of thiazole rings is 1. The van der Waals surface area contributed by atoms with E-state index in [1.54, 1.807) is 0 Å². The van der Waals surface area contributed by atoms with Crippen molar-refractivity contribution in [2.45, 2.75) is 26.4 Å². The molecule has 0 atom stereocenters. The second-order valence-electron chi connectivity index (χ2n) is 6.55. The quantitative estimate of drug-likeness (QED) is 0.468. The first-order valence-corrected chi connectivity index (χ1v) is 9.98. The Morgan fingerprint density at radius 3 is 2.58 bits per heavy atom. The maximum Gasteiger partial charge on any atom is 0.416 e. The van der Waals surface area contributed by atoms with E-state index in [0.29, 0.717) is 17.6 Å². The Labute approximate surface area is 178 Å². The molecule has 0 saturated heterocycles. The van der Waals surface area contributed by atoms with E-state index >= 15 is 0 Å². The number of halogens is 3. The van der Waals surface area contributed by atoms with Crippen molar-refractivity contribution in [3.05, 3.63) is 52.9 Å². The van der Waals surface area contributed by atoms with Crippen molar-refractivity contribution >= 4 is 39.1 Å². The molecule has 0 spiro atoms. The van der Waals surface area contributed by atoms with Crippen molar-refractivity contribution in [3.63, 3.8) is 0 Å². The molecule has 0 unspecified atom stereocenters. The number of aromatic nitrogens is 5. The standard InChI is InChI=1S/C19H16F3N7OS/c1-3-14-15(9-23-17-16(14)26-10(2)31-17)28-18(30)27-12-6-11(19(20,21)22)7-13(8-12)29-24-4-5-25-29/h4-9H,3H2,1-2H3,(H2,27,28,30). The molecular weight excluding hydrogens is 431 g/mol. The lowest BCUT2D eigenvalue weighted by Gasteiger charge is -2.14. The van der Waals surface area contributed by atoms with Crippen molar-refractivity contribution in [3.8, 4) is 5.69 Å². The molecule has 0 aliphatic heterocycles. The van der Waals surface area contributed by atoms with E-state index in [9.17, 15) is 18.0 Å². The van der Waals surface area contributed by atoms with Gasteiger partial charge in [-0.1, -0.05) is 18.3 Å². The number of pyridine rings is 1. The van der Waals surface area contributed by atoms with Crippen molar-refractivity contribution in [1.82, 2.24) is 25.0 Å². The molecule has 0 fully saturated rings. The third-order valence-corrected chi connectivity index (χ3v) is 5.27. The summed E-state index contributed by atoms with van der Waals surface area (Å²) in [4.78, 5) is 23.1. The minimum absolute atomic E-state index is 0.0591. The molecule has 3 aromatic heterocycles. The van der Waals surface area contributed by atoms with Gasteiger partial charge in [-0.05, 0) is 31.5 Å². The fourth-order valence-corrected chi connectivity index (χ4v) is 3.88. The van der Waals surface area contributed by atoms with E-state index in [2.05, 4.69) is 30.8 Å². The number of benzene rings is 1. The number of nitrogens with one attached hydrogen (secondary N) is 2. The maximum absolute atomic E-state index is 13.3. The highest BCUT2D eigenvalue weighted by atomic mass is 32.1. The zero-order chi connectivity index (χ0) is 22.2. The van der Waals surface area contributed by atoms with Gasteiger partial charge in [-0.2, -0.15) is 28.2 Å². The summed E-state index contributed by atoms with van der Waals surface area (Å²) < 4.78 is 40.0. The number of nitrogens with zero attached hydrogens (tertiary/aromatic N) is 5. The van der Waals surface area contributed by atoms with Gasteiger partial charge in [0, 0.05) is 11.3 Å². The molecule has 4 rings (SSSR count). The van der Waals surface area contributed by atoms with Crippen LogP contribution in [0.1, 0.15) is 23.1 Å². The van der Waals surface area contributed by atoms with Crippen LogP contribution >= 0.6 is 11.3 Å². The number of aryl methyl sites for hydroxylation is 2. The summed E-state index contributed by atoms with van der Waals surface area (Å²) in [5.41, 5.74) is 1.01. The van der Waals surface area contributed by atoms with Crippen LogP contribution < -0.4 is 10.6 Å². The number of fused-ring (bicyclic) bond motifs is 1. The fourth-order valence-electron chi connectivity index (χ4n) is 3.09. The van der Waals surface area contributed by atoms with Gasteiger partial charge >= 0.3 is 12.2 Å². The molecule has 2 N–H and O–H groups in total. The Hall–Kier alpha value is -3.54. The third kappa shape index (κ3) is 4.33. The van der Waals surface area contributed by atoms with Crippen molar-refractivity contribution in [1.29, 1.82) is 0 Å². The first-order valence-electron chi connectivity index (χ1n) is 9.16. The van der Waals surface area contributed by atoms with E-state index in [1.807, 2.05) is 13.8 Å². The molecule has 0 bridgehead atoms. The topological polar surface area (TPSA) is 97.6 Å². The lowest BCUT2D eigenvalue weighted by Crippen LogP contribution is -2.21. The van der Waals surface area contributed by atoms with Gasteiger partial charge in [-0.15, -0.1) is 0 Å². The molecule has 4 aromatic rings. The van der Waals surface area contributed by atoms with Gasteiger partial charge in [0.05, 0.1) is 40.5 Å². The normalized spacial score (nSPS) is 11.6. The summed E-state index contributed by atoms with van der Waals surface area (Å²) in [5.74, 6) is 0. The summed E-state index contributed by atoms with van der Waals surface area (Å²) in [6.07, 6.45) is 0.189. The number of carbonyl (C=O) groups excluding carboxylic acids is 1. The number of carbonyl (C=O) groups is 1. The summed E-state index contributed by atoms with van der Waals surface area (Å²) in [6.45, 7) is 3.79. The van der Waals surface area contributed by atoms with Gasteiger partial charge in [-0.3, -0.25) is 0 Å². The van der Waals surface area contributed by atoms with Crippen LogP contribution in [0, 0.1) is 6.92 Å². The summed E-state index contributed by atoms with van der Waals surface area (Å²) in [7, 11) is 0. The molecule has 0 saturated carbocycles. The predicted molar refractivity (Wildman–Crippen MR) is 111 cm³/mol. The molecule has 0 radical (unpaired) electrons. The number of hydrogen-bond donors (Lipinski definition) is 2. The van der Waals surface area contributed by atoms with Gasteiger partial charge in [-0.25, -0.2) is 14.8 Å². The van der Waals surface area contributed by atoms with Crippen LogP contribution in [0.15, 0.2) is 36.8 Å². The van der Waals surface area contributed by atoms with Crippen molar-refractivity contribution in [2.24, 2.45) is 0 Å². The maximum atomic E-state index is 13.3. The first-order chi connectivity index (χ1) is 14.7. The van der Waals surface area contributed by atoms with Crippen LogP contribution in [0.2, 0.25) is 0 Å². The lowest BCUT2D eigenvalue weighted by molar-refractivity contribution is -0.137. The fraction of sp³-hybridized carbons (Fsp3) is 0.211. The van der Waals surface area contributed by atoms with E-state index in [4.69, 9.17) is 0 Å². The van der Waals surface area contributed by atoms with E-state index in [-0.39, 0.29) is 11.4 Å². The average molecular weight is 447 g/mol. The highest BCUT2D eigenvalue weighted by Gasteiger charge is 2.31. The van der Waals surface area contributed by atoms with Crippen LogP contribution in [-0.2, 0) is 12.6 Å². The monoisotopic (exact) mass is 447 g/mol. The summed E-state index contributed by atoms with van der Waals surface area (Å²) in [5, 5.41) is 13.6. The number of alkyl halides is 3. The Balaban J connectivity index is 1.63. The van der Waals surface area contributed by atoms with Gasteiger partial charge in [0.15, 0.2) is 0 Å². The van der Waals surface area contributed by atoms with Crippen molar-refractivity contribution in [2.75, 3.05) is 10.6 Å². The largest absolute Gasteiger partial charge is 0.416 e. The average Bonchev–Trinajstić information content (AvgIpc) is 3.36. The van der Waals surface area contributed by atoms with Gasteiger partial charge in [0.25, 0.3) is 0 Å². The summed E-state index contributed by atoms with van der Waals surface area (Å²) >= 11 is 1.44. The highest BCUT2D eigenvalue weighted by molar-refractivity contribution is 7.18. The molecule has 2 amide bonds. The Morgan fingerprint density at radius 2 is 1.90 bits per heavy atom. The van der Waals surface area contributed by atoms with E-state index in [1.165, 1.54) is 36.0 Å². The zero-order valence-electron chi connectivity index (χ0n) is 16.4.